The highest BCUT2D eigenvalue weighted by Crippen LogP contribution is 2.47. The topological polar surface area (TPSA) is 3.01 Å². The van der Waals surface area contributed by atoms with E-state index in [1.54, 1.807) is 0 Å². The number of hydrogen-bond donors (Lipinski definition) is 0. The van der Waals surface area contributed by atoms with Crippen molar-refractivity contribution < 1.29 is 4.58 Å². The van der Waals surface area contributed by atoms with Gasteiger partial charge in [-0.25, -0.2) is 0 Å². The van der Waals surface area contributed by atoms with Crippen LogP contribution in [0.3, 0.4) is 0 Å². The summed E-state index contributed by atoms with van der Waals surface area (Å²) in [6.45, 7) is 4.78. The van der Waals surface area contributed by atoms with Crippen molar-refractivity contribution in [1.82, 2.24) is 0 Å². The van der Waals surface area contributed by atoms with Gasteiger partial charge < -0.3 is 0 Å². The lowest BCUT2D eigenvalue weighted by Crippen LogP contribution is -2.30. The molecule has 1 fully saturated rings. The van der Waals surface area contributed by atoms with E-state index in [0.717, 1.165) is 0 Å². The van der Waals surface area contributed by atoms with Crippen LogP contribution in [0.25, 0.3) is 0 Å². The summed E-state index contributed by atoms with van der Waals surface area (Å²) in [5.74, 6) is 0. The molecule has 0 amide bonds. The number of nitrogens with zero attached hydrogens (tertiary/aromatic N) is 1. The van der Waals surface area contributed by atoms with Gasteiger partial charge >= 0.3 is 0 Å². The van der Waals surface area contributed by atoms with Gasteiger partial charge in [-0.3, -0.25) is 0 Å². The highest BCUT2D eigenvalue weighted by atomic mass is 15.1. The maximum Gasteiger partial charge on any atom is 0.205 e. The van der Waals surface area contributed by atoms with Gasteiger partial charge in [-0.1, -0.05) is 37.5 Å². The quantitative estimate of drug-likeness (QED) is 0.636. The van der Waals surface area contributed by atoms with Crippen LogP contribution in [-0.2, 0) is 0 Å². The van der Waals surface area contributed by atoms with Gasteiger partial charge in [-0.05, 0) is 12.8 Å². The predicted molar refractivity (Wildman–Crippen MR) is 76.6 cm³/mol. The van der Waals surface area contributed by atoms with E-state index in [1.807, 2.05) is 0 Å². The van der Waals surface area contributed by atoms with Crippen molar-refractivity contribution in [3.05, 3.63) is 30.3 Å². The van der Waals surface area contributed by atoms with Gasteiger partial charge in [-0.2, -0.15) is 4.58 Å². The second-order valence-electron chi connectivity index (χ2n) is 6.75. The number of benzene rings is 1. The summed E-state index contributed by atoms with van der Waals surface area (Å²) < 4.78 is 2.53. The van der Waals surface area contributed by atoms with E-state index in [4.69, 9.17) is 0 Å². The Morgan fingerprint density at radius 2 is 1.61 bits per heavy atom. The van der Waals surface area contributed by atoms with Crippen LogP contribution in [-0.4, -0.2) is 16.3 Å². The summed E-state index contributed by atoms with van der Waals surface area (Å²) in [5, 5.41) is 0. The fraction of sp³-hybridized carbons (Fsp3) is 0.588. The predicted octanol–water partition coefficient (Wildman–Crippen LogP) is 4.53. The van der Waals surface area contributed by atoms with Crippen LogP contribution in [0, 0.1) is 5.41 Å². The third-order valence-electron chi connectivity index (χ3n) is 4.72. The summed E-state index contributed by atoms with van der Waals surface area (Å²) in [6.07, 6.45) is 10.9. The molecule has 18 heavy (non-hydrogen) atoms. The van der Waals surface area contributed by atoms with Gasteiger partial charge in [0.15, 0.2) is 11.8 Å². The molecule has 0 radical (unpaired) electrons. The molecular formula is C17H24N+. The Kier molecular flexibility index (Phi) is 2.80. The first-order valence-electron chi connectivity index (χ1n) is 7.32. The standard InChI is InChI=1S/C17H24N/c1-16(2)13-17(11-7-4-8-12-17)14-18(16)15-9-5-3-6-10-15/h3,5-6,9-10,14H,4,7-8,11-13H2,1-2H3/q+1. The molecule has 0 atom stereocenters. The fourth-order valence-electron chi connectivity index (χ4n) is 4.02. The van der Waals surface area contributed by atoms with Gasteiger partial charge in [0.1, 0.15) is 0 Å². The van der Waals surface area contributed by atoms with Crippen molar-refractivity contribution in [3.63, 3.8) is 0 Å². The Hall–Kier alpha value is -1.11. The third kappa shape index (κ3) is 2.00. The minimum atomic E-state index is 0.263. The van der Waals surface area contributed by atoms with E-state index in [9.17, 15) is 0 Å². The maximum atomic E-state index is 2.56. The molecule has 1 spiro atoms. The van der Waals surface area contributed by atoms with Crippen LogP contribution in [0.2, 0.25) is 0 Å². The molecule has 96 valence electrons. The molecule has 1 nitrogen and oxygen atoms in total. The van der Waals surface area contributed by atoms with Crippen LogP contribution in [0.5, 0.6) is 0 Å². The van der Waals surface area contributed by atoms with Crippen LogP contribution in [0.4, 0.5) is 5.69 Å². The molecule has 1 aromatic rings. The maximum absolute atomic E-state index is 2.56. The second-order valence-corrected chi connectivity index (χ2v) is 6.75. The highest BCUT2D eigenvalue weighted by Gasteiger charge is 2.50. The number of para-hydroxylation sites is 1. The van der Waals surface area contributed by atoms with E-state index < -0.39 is 0 Å². The molecule has 1 aliphatic heterocycles. The third-order valence-corrected chi connectivity index (χ3v) is 4.72. The van der Waals surface area contributed by atoms with Gasteiger partial charge in [-0.15, -0.1) is 0 Å². The van der Waals surface area contributed by atoms with Crippen LogP contribution in [0.1, 0.15) is 52.4 Å². The molecule has 0 saturated heterocycles. The van der Waals surface area contributed by atoms with E-state index in [-0.39, 0.29) is 5.54 Å². The number of hydrogen-bond acceptors (Lipinski definition) is 0. The molecule has 1 aromatic carbocycles. The van der Waals surface area contributed by atoms with Crippen LogP contribution in [0.15, 0.2) is 30.3 Å². The van der Waals surface area contributed by atoms with Crippen molar-refractivity contribution in [2.75, 3.05) is 0 Å². The lowest BCUT2D eigenvalue weighted by molar-refractivity contribution is -0.511. The Balaban J connectivity index is 1.99. The summed E-state index contributed by atoms with van der Waals surface area (Å²) in [4.78, 5) is 0. The summed E-state index contributed by atoms with van der Waals surface area (Å²) in [5.41, 5.74) is 2.10. The van der Waals surface area contributed by atoms with Gasteiger partial charge in [0.25, 0.3) is 0 Å². The van der Waals surface area contributed by atoms with Crippen molar-refractivity contribution in [2.24, 2.45) is 5.41 Å². The Morgan fingerprint density at radius 3 is 2.28 bits per heavy atom. The van der Waals surface area contributed by atoms with E-state index >= 15 is 0 Å². The molecule has 1 saturated carbocycles. The fourth-order valence-corrected chi connectivity index (χ4v) is 4.02. The first-order valence-corrected chi connectivity index (χ1v) is 7.32. The van der Waals surface area contributed by atoms with Crippen LogP contribution >= 0.6 is 0 Å². The highest BCUT2D eigenvalue weighted by molar-refractivity contribution is 5.65. The monoisotopic (exact) mass is 242 g/mol. The van der Waals surface area contributed by atoms with Crippen molar-refractivity contribution in [1.29, 1.82) is 0 Å². The molecule has 1 heterocycles. The summed E-state index contributed by atoms with van der Waals surface area (Å²) in [6, 6.07) is 10.9. The molecule has 0 aromatic heterocycles. The Morgan fingerprint density at radius 1 is 0.944 bits per heavy atom. The number of rotatable bonds is 1. The van der Waals surface area contributed by atoms with Crippen molar-refractivity contribution in [3.8, 4) is 0 Å². The molecule has 3 rings (SSSR count). The second kappa shape index (κ2) is 4.22. The van der Waals surface area contributed by atoms with Crippen molar-refractivity contribution >= 4 is 11.9 Å². The molecule has 0 unspecified atom stereocenters. The van der Waals surface area contributed by atoms with Gasteiger partial charge in [0.05, 0.1) is 5.41 Å². The molecule has 0 N–H and O–H groups in total. The zero-order chi connectivity index (χ0) is 12.6. The normalized spacial score (nSPS) is 25.1. The Labute approximate surface area is 111 Å². The summed E-state index contributed by atoms with van der Waals surface area (Å²) >= 11 is 0. The minimum absolute atomic E-state index is 0.263. The van der Waals surface area contributed by atoms with E-state index in [1.165, 1.54) is 44.2 Å². The molecule has 2 aliphatic rings. The molecule has 0 bridgehead atoms. The van der Waals surface area contributed by atoms with Gasteiger partial charge in [0, 0.05) is 32.4 Å². The van der Waals surface area contributed by atoms with E-state index in [2.05, 4.69) is 55.0 Å². The first-order chi connectivity index (χ1) is 8.61. The zero-order valence-electron chi connectivity index (χ0n) is 11.7. The van der Waals surface area contributed by atoms with Crippen LogP contribution < -0.4 is 0 Å². The average molecular weight is 242 g/mol. The molecule has 1 heteroatoms. The van der Waals surface area contributed by atoms with E-state index in [0.29, 0.717) is 5.41 Å². The minimum Gasteiger partial charge on any atom is -0.197 e. The lowest BCUT2D eigenvalue weighted by Gasteiger charge is -2.29. The first kappa shape index (κ1) is 12.0. The summed E-state index contributed by atoms with van der Waals surface area (Å²) in [7, 11) is 0. The Bertz CT molecular complexity index is 450. The zero-order valence-corrected chi connectivity index (χ0v) is 11.7. The average Bonchev–Trinajstić information content (AvgIpc) is 2.62. The van der Waals surface area contributed by atoms with Gasteiger partial charge in [0.2, 0.25) is 5.69 Å². The lowest BCUT2D eigenvalue weighted by atomic mass is 9.71. The smallest absolute Gasteiger partial charge is 0.197 e. The largest absolute Gasteiger partial charge is 0.205 e. The molecular weight excluding hydrogens is 218 g/mol. The SMILES string of the molecule is CC1(C)CC2(C=[N+]1c1ccccc1)CCCCC2. The van der Waals surface area contributed by atoms with Crippen molar-refractivity contribution in [2.45, 2.75) is 57.9 Å². The molecule has 1 aliphatic carbocycles.